The molecule has 1 aliphatic heterocycles. The highest BCUT2D eigenvalue weighted by atomic mass is 32.1. The first kappa shape index (κ1) is 35.0. The van der Waals surface area contributed by atoms with Gasteiger partial charge in [-0.05, 0) is 103 Å². The van der Waals surface area contributed by atoms with Gasteiger partial charge in [-0.15, -0.1) is 0 Å². The topological polar surface area (TPSA) is 79.6 Å². The first-order valence-electron chi connectivity index (χ1n) is 16.3. The third kappa shape index (κ3) is 7.39. The minimum atomic E-state index is -0.507. The van der Waals surface area contributed by atoms with E-state index in [4.69, 9.17) is 40.3 Å². The molecule has 7 rings (SSSR count). The molecule has 51 heavy (non-hydrogen) atoms. The van der Waals surface area contributed by atoms with E-state index in [9.17, 15) is 4.79 Å². The van der Waals surface area contributed by atoms with Gasteiger partial charge in [-0.1, -0.05) is 54.6 Å². The summed E-state index contributed by atoms with van der Waals surface area (Å²) < 4.78 is 34.2. The average Bonchev–Trinajstić information content (AvgIpc) is 3.13. The van der Waals surface area contributed by atoms with Crippen LogP contribution < -0.4 is 34.2 Å². The highest BCUT2D eigenvalue weighted by molar-refractivity contribution is 7.80. The van der Waals surface area contributed by atoms with Crippen LogP contribution in [0, 0.1) is 6.92 Å². The standard InChI is InChI=1S/C23H22O6.C19H17NOS/c1-23(2)11-10-15-16(29-23)12-17-19(20(15)26-4)21(27-5)18(22(24)28-17)13-6-8-14(25-3)9-7-13;1-14-6-5-9-17(12-14)20(2)19(22)21-18-11-10-15-7-3-4-8-16(15)13-18/h6-12H,1-5H3;3-13H,1-2H3. The molecule has 1 aliphatic rings. The molecule has 0 unspecified atom stereocenters. The fourth-order valence-corrected chi connectivity index (χ4v) is 6.10. The van der Waals surface area contributed by atoms with Crippen LogP contribution in [0.25, 0.3) is 38.9 Å². The maximum absolute atomic E-state index is 12.9. The third-order valence-corrected chi connectivity index (χ3v) is 8.86. The Morgan fingerprint density at radius 3 is 2.18 bits per heavy atom. The van der Waals surface area contributed by atoms with Gasteiger partial charge in [0.25, 0.3) is 5.17 Å². The highest BCUT2D eigenvalue weighted by Gasteiger charge is 2.29. The van der Waals surface area contributed by atoms with Gasteiger partial charge in [0.1, 0.15) is 50.9 Å². The number of benzene rings is 5. The molecule has 2 heterocycles. The number of hydrogen-bond donors (Lipinski definition) is 0. The predicted octanol–water partition coefficient (Wildman–Crippen LogP) is 9.62. The summed E-state index contributed by atoms with van der Waals surface area (Å²) in [5.74, 6) is 2.95. The van der Waals surface area contributed by atoms with Crippen LogP contribution in [-0.2, 0) is 0 Å². The van der Waals surface area contributed by atoms with Crippen LogP contribution in [0.3, 0.4) is 0 Å². The third-order valence-electron chi connectivity index (χ3n) is 8.51. The molecular weight excluding hydrogens is 663 g/mol. The van der Waals surface area contributed by atoms with Gasteiger partial charge in [0.05, 0.1) is 26.9 Å². The average molecular weight is 702 g/mol. The molecule has 0 atom stereocenters. The second-order valence-corrected chi connectivity index (χ2v) is 12.9. The lowest BCUT2D eigenvalue weighted by Gasteiger charge is -2.29. The van der Waals surface area contributed by atoms with Gasteiger partial charge in [0.15, 0.2) is 0 Å². The second kappa shape index (κ2) is 14.6. The zero-order chi connectivity index (χ0) is 36.3. The number of methoxy groups -OCH3 is 3. The number of nitrogens with zero attached hydrogens (tertiary/aromatic N) is 1. The van der Waals surface area contributed by atoms with Crippen LogP contribution in [0.1, 0.15) is 25.0 Å². The van der Waals surface area contributed by atoms with E-state index in [2.05, 4.69) is 31.2 Å². The van der Waals surface area contributed by atoms with Gasteiger partial charge in [-0.3, -0.25) is 0 Å². The molecule has 0 saturated heterocycles. The van der Waals surface area contributed by atoms with E-state index in [-0.39, 0.29) is 0 Å². The lowest BCUT2D eigenvalue weighted by Crippen LogP contribution is -2.29. The zero-order valence-electron chi connectivity index (χ0n) is 29.6. The minimum absolute atomic E-state index is 0.321. The summed E-state index contributed by atoms with van der Waals surface area (Å²) in [5, 5.41) is 3.34. The number of hydrogen-bond acceptors (Lipinski definition) is 8. The van der Waals surface area contributed by atoms with Crippen molar-refractivity contribution in [1.82, 2.24) is 0 Å². The number of rotatable bonds is 6. The van der Waals surface area contributed by atoms with Crippen LogP contribution in [0.15, 0.2) is 112 Å². The molecule has 1 aromatic heterocycles. The van der Waals surface area contributed by atoms with Crippen molar-refractivity contribution in [3.05, 3.63) is 125 Å². The molecule has 0 bridgehead atoms. The lowest BCUT2D eigenvalue weighted by atomic mass is 9.98. The molecular formula is C42H39NO7S. The fraction of sp³-hybridized carbons (Fsp3) is 0.190. The molecule has 6 aromatic rings. The van der Waals surface area contributed by atoms with E-state index in [1.54, 1.807) is 44.6 Å². The van der Waals surface area contributed by atoms with E-state index in [1.165, 1.54) is 18.1 Å². The summed E-state index contributed by atoms with van der Waals surface area (Å²) in [6.45, 7) is 5.96. The van der Waals surface area contributed by atoms with Crippen molar-refractivity contribution >= 4 is 50.9 Å². The van der Waals surface area contributed by atoms with Crippen LogP contribution in [0.4, 0.5) is 5.69 Å². The summed E-state index contributed by atoms with van der Waals surface area (Å²) in [6.07, 6.45) is 3.91. The van der Waals surface area contributed by atoms with Crippen LogP contribution in [0.2, 0.25) is 0 Å². The number of ether oxygens (including phenoxy) is 5. The molecule has 5 aromatic carbocycles. The van der Waals surface area contributed by atoms with Gasteiger partial charge < -0.3 is 33.0 Å². The molecule has 0 spiro atoms. The number of thiocarbonyl (C=S) groups is 1. The Kier molecular flexibility index (Phi) is 10.0. The van der Waals surface area contributed by atoms with Crippen molar-refractivity contribution in [3.8, 4) is 39.9 Å². The molecule has 0 fully saturated rings. The molecule has 0 radical (unpaired) electrons. The van der Waals surface area contributed by atoms with E-state index < -0.39 is 11.2 Å². The van der Waals surface area contributed by atoms with Gasteiger partial charge in [-0.2, -0.15) is 0 Å². The van der Waals surface area contributed by atoms with Crippen LogP contribution >= 0.6 is 12.2 Å². The minimum Gasteiger partial charge on any atom is -0.497 e. The molecule has 260 valence electrons. The highest BCUT2D eigenvalue weighted by Crippen LogP contribution is 2.47. The summed E-state index contributed by atoms with van der Waals surface area (Å²) in [4.78, 5) is 14.8. The summed E-state index contributed by atoms with van der Waals surface area (Å²) in [7, 11) is 6.60. The number of aryl methyl sites for hydroxylation is 1. The molecule has 0 N–H and O–H groups in total. The van der Waals surface area contributed by atoms with E-state index in [1.807, 2.05) is 80.4 Å². The maximum Gasteiger partial charge on any atom is 0.347 e. The zero-order valence-corrected chi connectivity index (χ0v) is 30.4. The molecule has 0 saturated carbocycles. The van der Waals surface area contributed by atoms with Gasteiger partial charge in [0, 0.05) is 18.8 Å². The monoisotopic (exact) mass is 701 g/mol. The van der Waals surface area contributed by atoms with Crippen LogP contribution in [0.5, 0.6) is 28.7 Å². The van der Waals surface area contributed by atoms with E-state index in [0.29, 0.717) is 50.3 Å². The first-order valence-corrected chi connectivity index (χ1v) is 16.7. The van der Waals surface area contributed by atoms with Gasteiger partial charge in [-0.25, -0.2) is 4.79 Å². The van der Waals surface area contributed by atoms with Crippen molar-refractivity contribution in [1.29, 1.82) is 0 Å². The number of anilines is 1. The Morgan fingerprint density at radius 1 is 0.784 bits per heavy atom. The number of fused-ring (bicyclic) bond motifs is 3. The van der Waals surface area contributed by atoms with Crippen molar-refractivity contribution in [2.75, 3.05) is 33.3 Å². The lowest BCUT2D eigenvalue weighted by molar-refractivity contribution is 0.158. The first-order chi connectivity index (χ1) is 24.5. The van der Waals surface area contributed by atoms with Gasteiger partial charge in [0.2, 0.25) is 0 Å². The molecule has 9 heteroatoms. The Morgan fingerprint density at radius 2 is 1.49 bits per heavy atom. The second-order valence-electron chi connectivity index (χ2n) is 12.5. The van der Waals surface area contributed by atoms with Crippen LogP contribution in [-0.4, -0.2) is 39.2 Å². The Hall–Kier alpha value is -5.80. The van der Waals surface area contributed by atoms with Crippen molar-refractivity contribution in [2.24, 2.45) is 0 Å². The SMILES string of the molecule is COc1ccc(-c2c(OC)c3c(OC)c4c(cc3oc2=O)OC(C)(C)C=C4)cc1.Cc1cccc(N(C)C(=S)Oc2ccc3ccccc3c2)c1. The quantitative estimate of drug-likeness (QED) is 0.125. The maximum atomic E-state index is 12.9. The normalized spacial score (nSPS) is 12.6. The summed E-state index contributed by atoms with van der Waals surface area (Å²) in [5.41, 5.74) is 3.32. The van der Waals surface area contributed by atoms with Crippen molar-refractivity contribution < 1.29 is 28.1 Å². The van der Waals surface area contributed by atoms with Gasteiger partial charge >= 0.3 is 5.63 Å². The predicted molar refractivity (Wildman–Crippen MR) is 208 cm³/mol. The van der Waals surface area contributed by atoms with Crippen molar-refractivity contribution in [3.63, 3.8) is 0 Å². The molecule has 0 aliphatic carbocycles. The smallest absolute Gasteiger partial charge is 0.347 e. The summed E-state index contributed by atoms with van der Waals surface area (Å²) in [6, 6.07) is 31.2. The summed E-state index contributed by atoms with van der Waals surface area (Å²) >= 11 is 5.41. The molecule has 8 nitrogen and oxygen atoms in total. The van der Waals surface area contributed by atoms with Crippen molar-refractivity contribution in [2.45, 2.75) is 26.4 Å². The largest absolute Gasteiger partial charge is 0.497 e. The Labute approximate surface area is 302 Å². The van der Waals surface area contributed by atoms with E-state index in [0.717, 1.165) is 22.4 Å². The van der Waals surface area contributed by atoms with E-state index >= 15 is 0 Å². The molecule has 0 amide bonds. The Bertz CT molecular complexity index is 2330. The Balaban J connectivity index is 0.000000183. The fourth-order valence-electron chi connectivity index (χ4n) is 5.90.